The minimum Gasteiger partial charge on any atom is -0.870 e. The van der Waals surface area contributed by atoms with E-state index in [0.29, 0.717) is 0 Å². The highest BCUT2D eigenvalue weighted by Gasteiger charge is 2.26. The number of likely N-dealkylation sites (tertiary alicyclic amines) is 1. The Morgan fingerprint density at radius 2 is 1.31 bits per heavy atom. The summed E-state index contributed by atoms with van der Waals surface area (Å²) < 4.78 is 0. The van der Waals surface area contributed by atoms with Gasteiger partial charge < -0.3 is 10.4 Å². The summed E-state index contributed by atoms with van der Waals surface area (Å²) in [6.07, 6.45) is 13.2. The second-order valence-corrected chi connectivity index (χ2v) is 5.20. The van der Waals surface area contributed by atoms with Crippen molar-refractivity contribution < 1.29 is 10.4 Å². The van der Waals surface area contributed by atoms with Crippen molar-refractivity contribution in [3.63, 3.8) is 0 Å². The minimum absolute atomic E-state index is 0. The molecule has 0 aromatic heterocycles. The van der Waals surface area contributed by atoms with Crippen LogP contribution in [0.4, 0.5) is 0 Å². The average molecular weight is 229 g/mol. The van der Waals surface area contributed by atoms with Crippen molar-refractivity contribution in [3.05, 3.63) is 0 Å². The summed E-state index contributed by atoms with van der Waals surface area (Å²) in [5.41, 5.74) is 0. The molecule has 0 atom stereocenters. The van der Waals surface area contributed by atoms with E-state index in [9.17, 15) is 0 Å². The Morgan fingerprint density at radius 3 is 1.75 bits per heavy atom. The standard InChI is InChI=1S/C10H19N.C4H10.H2O/c1-2-6-10(7-3-1)11-8-4-5-9-11;1-3-4-2;/h10H,1-9H2;3-4H2,1-2H3;1H2. The number of hydrogen-bond acceptors (Lipinski definition) is 1. The molecule has 0 aromatic carbocycles. The van der Waals surface area contributed by atoms with E-state index in [-0.39, 0.29) is 5.48 Å². The molecule has 0 bridgehead atoms. The predicted molar refractivity (Wildman–Crippen MR) is 69.3 cm³/mol. The number of nitrogens with one attached hydrogen (secondary N) is 1. The molecule has 2 N–H and O–H groups in total. The maximum absolute atomic E-state index is 2.18. The van der Waals surface area contributed by atoms with Gasteiger partial charge in [0.25, 0.3) is 0 Å². The molecule has 1 saturated heterocycles. The van der Waals surface area contributed by atoms with Crippen LogP contribution in [-0.4, -0.2) is 24.6 Å². The zero-order valence-electron chi connectivity index (χ0n) is 11.3. The van der Waals surface area contributed by atoms with E-state index in [2.05, 4.69) is 13.8 Å². The monoisotopic (exact) mass is 229 g/mol. The molecule has 0 spiro atoms. The van der Waals surface area contributed by atoms with Gasteiger partial charge in [0, 0.05) is 12.8 Å². The van der Waals surface area contributed by atoms with Crippen LogP contribution in [0.3, 0.4) is 0 Å². The maximum Gasteiger partial charge on any atom is 0.0874 e. The predicted octanol–water partition coefficient (Wildman–Crippen LogP) is 2.63. The average Bonchev–Trinajstić information content (AvgIpc) is 2.84. The van der Waals surface area contributed by atoms with Crippen LogP contribution in [0.1, 0.15) is 71.6 Å². The lowest BCUT2D eigenvalue weighted by atomic mass is 9.94. The second-order valence-electron chi connectivity index (χ2n) is 5.20. The summed E-state index contributed by atoms with van der Waals surface area (Å²) in [5.74, 6) is 0. The van der Waals surface area contributed by atoms with Crippen LogP contribution in [-0.2, 0) is 0 Å². The van der Waals surface area contributed by atoms with Crippen LogP contribution in [0.15, 0.2) is 0 Å². The van der Waals surface area contributed by atoms with Crippen molar-refractivity contribution in [2.45, 2.75) is 77.7 Å². The molecule has 98 valence electrons. The van der Waals surface area contributed by atoms with Crippen LogP contribution in [0.2, 0.25) is 0 Å². The lowest BCUT2D eigenvalue weighted by Gasteiger charge is -2.27. The fraction of sp³-hybridized carbons (Fsp3) is 1.00. The van der Waals surface area contributed by atoms with E-state index in [4.69, 9.17) is 0 Å². The Labute approximate surface area is 102 Å². The van der Waals surface area contributed by atoms with E-state index in [1.807, 2.05) is 4.90 Å². The summed E-state index contributed by atoms with van der Waals surface area (Å²) in [6, 6.07) is 1.06. The number of hydrogen-bond donors (Lipinski definition) is 1. The van der Waals surface area contributed by atoms with Gasteiger partial charge in [-0.3, -0.25) is 0 Å². The first kappa shape index (κ1) is 15.9. The van der Waals surface area contributed by atoms with Gasteiger partial charge in [-0.05, 0) is 25.7 Å². The largest absolute Gasteiger partial charge is 0.870 e. The van der Waals surface area contributed by atoms with Crippen LogP contribution >= 0.6 is 0 Å². The third kappa shape index (κ3) is 5.86. The molecule has 1 aliphatic carbocycles. The number of quaternary nitrogens is 1. The van der Waals surface area contributed by atoms with Crippen LogP contribution in [0, 0.1) is 0 Å². The first-order valence-electron chi connectivity index (χ1n) is 7.23. The Balaban J connectivity index is 0.000000397. The molecule has 2 rings (SSSR count). The van der Waals surface area contributed by atoms with Gasteiger partial charge in [-0.1, -0.05) is 33.1 Å². The Hall–Kier alpha value is -0.0800. The molecule has 0 unspecified atom stereocenters. The number of rotatable bonds is 2. The van der Waals surface area contributed by atoms with Gasteiger partial charge in [0.05, 0.1) is 19.1 Å². The summed E-state index contributed by atoms with van der Waals surface area (Å²) in [7, 11) is 0. The highest BCUT2D eigenvalue weighted by molar-refractivity contribution is 4.65. The van der Waals surface area contributed by atoms with Crippen molar-refractivity contribution in [1.29, 1.82) is 0 Å². The van der Waals surface area contributed by atoms with E-state index >= 15 is 0 Å². The van der Waals surface area contributed by atoms with E-state index in [1.165, 1.54) is 70.9 Å². The third-order valence-corrected chi connectivity index (χ3v) is 3.93. The fourth-order valence-electron chi connectivity index (χ4n) is 2.75. The molecule has 0 amide bonds. The Bertz CT molecular complexity index is 136. The molecule has 0 aromatic rings. The lowest BCUT2D eigenvalue weighted by molar-refractivity contribution is -0.914. The van der Waals surface area contributed by atoms with Crippen molar-refractivity contribution in [2.24, 2.45) is 0 Å². The Morgan fingerprint density at radius 1 is 0.812 bits per heavy atom. The van der Waals surface area contributed by atoms with Gasteiger partial charge in [-0.2, -0.15) is 0 Å². The summed E-state index contributed by atoms with van der Waals surface area (Å²) >= 11 is 0. The smallest absolute Gasteiger partial charge is 0.0874 e. The van der Waals surface area contributed by atoms with Crippen LogP contribution in [0.5, 0.6) is 0 Å². The summed E-state index contributed by atoms with van der Waals surface area (Å²) in [4.78, 5) is 1.93. The normalized spacial score (nSPS) is 22.1. The van der Waals surface area contributed by atoms with Gasteiger partial charge in [-0.25, -0.2) is 0 Å². The first-order chi connectivity index (χ1) is 7.38. The van der Waals surface area contributed by atoms with Crippen molar-refractivity contribution in [3.8, 4) is 0 Å². The van der Waals surface area contributed by atoms with E-state index in [1.54, 1.807) is 0 Å². The minimum atomic E-state index is 0. The van der Waals surface area contributed by atoms with Crippen molar-refractivity contribution in [1.82, 2.24) is 0 Å². The highest BCUT2D eigenvalue weighted by atomic mass is 16.0. The SMILES string of the molecule is C1CCC([NH+]2CCCC2)CC1.CCCC.[OH-]. The van der Waals surface area contributed by atoms with Crippen molar-refractivity contribution >= 4 is 0 Å². The van der Waals surface area contributed by atoms with E-state index < -0.39 is 0 Å². The summed E-state index contributed by atoms with van der Waals surface area (Å²) in [6.45, 7) is 7.31. The number of unbranched alkanes of at least 4 members (excludes halogenated alkanes) is 1. The quantitative estimate of drug-likeness (QED) is 0.776. The molecule has 16 heavy (non-hydrogen) atoms. The van der Waals surface area contributed by atoms with Crippen molar-refractivity contribution in [2.75, 3.05) is 13.1 Å². The maximum atomic E-state index is 2.18. The topological polar surface area (TPSA) is 34.4 Å². The molecule has 0 radical (unpaired) electrons. The molecule has 1 saturated carbocycles. The highest BCUT2D eigenvalue weighted by Crippen LogP contribution is 2.16. The van der Waals surface area contributed by atoms with Gasteiger partial charge in [0.2, 0.25) is 0 Å². The summed E-state index contributed by atoms with van der Waals surface area (Å²) in [5, 5.41) is 0. The van der Waals surface area contributed by atoms with E-state index in [0.717, 1.165) is 6.04 Å². The molecule has 1 heterocycles. The zero-order chi connectivity index (χ0) is 10.9. The molecule has 2 nitrogen and oxygen atoms in total. The molecular formula is C14H31NO. The second kappa shape index (κ2) is 10.1. The molecule has 1 aliphatic heterocycles. The molecule has 2 aliphatic rings. The van der Waals surface area contributed by atoms with Crippen LogP contribution in [0.25, 0.3) is 0 Å². The zero-order valence-corrected chi connectivity index (χ0v) is 11.3. The van der Waals surface area contributed by atoms with Gasteiger partial charge >= 0.3 is 0 Å². The molecule has 2 fully saturated rings. The molecular weight excluding hydrogens is 198 g/mol. The van der Waals surface area contributed by atoms with Crippen LogP contribution < -0.4 is 4.90 Å². The lowest BCUT2D eigenvalue weighted by Crippen LogP contribution is -3.14. The third-order valence-electron chi connectivity index (χ3n) is 3.93. The van der Waals surface area contributed by atoms with Gasteiger partial charge in [0.1, 0.15) is 0 Å². The molecule has 2 heteroatoms. The first-order valence-corrected chi connectivity index (χ1v) is 7.23. The van der Waals surface area contributed by atoms with Gasteiger partial charge in [-0.15, -0.1) is 0 Å². The fourth-order valence-corrected chi connectivity index (χ4v) is 2.75. The van der Waals surface area contributed by atoms with Gasteiger partial charge in [0.15, 0.2) is 0 Å². The Kier molecular flexibility index (Phi) is 10.0.